The Labute approximate surface area is 98.3 Å². The van der Waals surface area contributed by atoms with E-state index < -0.39 is 6.23 Å². The maximum Gasteiger partial charge on any atom is 0.333 e. The average molecular weight is 226 g/mol. The van der Waals surface area contributed by atoms with Crippen LogP contribution in [0.25, 0.3) is 5.57 Å². The molecule has 0 bridgehead atoms. The van der Waals surface area contributed by atoms with Gasteiger partial charge in [-0.05, 0) is 18.1 Å². The van der Waals surface area contributed by atoms with Gasteiger partial charge in [-0.3, -0.25) is 0 Å². The molecule has 84 valence electrons. The van der Waals surface area contributed by atoms with Gasteiger partial charge in [-0.25, -0.2) is 4.79 Å². The fourth-order valence-corrected chi connectivity index (χ4v) is 2.04. The summed E-state index contributed by atoms with van der Waals surface area (Å²) in [5.74, 6) is -0.369. The summed E-state index contributed by atoms with van der Waals surface area (Å²) in [6.07, 6.45) is 0.934. The molecule has 2 aliphatic heterocycles. The molecule has 1 atom stereocenters. The molecule has 0 aliphatic carbocycles. The summed E-state index contributed by atoms with van der Waals surface area (Å²) in [6, 6.07) is 9.72. The summed E-state index contributed by atoms with van der Waals surface area (Å²) < 4.78 is 5.10. The van der Waals surface area contributed by atoms with Crippen molar-refractivity contribution in [2.45, 2.75) is 13.2 Å². The summed E-state index contributed by atoms with van der Waals surface area (Å²) in [5.41, 5.74) is 3.53. The number of allylic oxidation sites excluding steroid dienone is 1. The first-order valence-electron chi connectivity index (χ1n) is 5.35. The van der Waals surface area contributed by atoms with Crippen LogP contribution in [-0.2, 0) is 9.53 Å². The summed E-state index contributed by atoms with van der Waals surface area (Å²) in [4.78, 5) is 11.5. The van der Waals surface area contributed by atoms with Crippen LogP contribution in [0.2, 0.25) is 0 Å². The van der Waals surface area contributed by atoms with Crippen molar-refractivity contribution in [3.05, 3.63) is 53.2 Å². The normalized spacial score (nSPS) is 22.3. The number of esters is 1. The highest BCUT2D eigenvalue weighted by molar-refractivity contribution is 5.99. The molecule has 1 aromatic rings. The van der Waals surface area contributed by atoms with E-state index in [4.69, 9.17) is 4.74 Å². The maximum atomic E-state index is 11.5. The first-order valence-corrected chi connectivity index (χ1v) is 5.35. The number of carbonyl (C=O) groups excluding carboxylic acids is 1. The van der Waals surface area contributed by atoms with Gasteiger partial charge in [-0.15, -0.1) is 5.11 Å². The minimum Gasteiger partial charge on any atom is -0.430 e. The van der Waals surface area contributed by atoms with Crippen LogP contribution in [0.1, 0.15) is 12.5 Å². The Hall–Kier alpha value is -2.23. The molecule has 4 heteroatoms. The van der Waals surface area contributed by atoms with Crippen molar-refractivity contribution in [1.29, 1.82) is 0 Å². The molecule has 4 nitrogen and oxygen atoms in total. The Balaban J connectivity index is 2.15. The van der Waals surface area contributed by atoms with E-state index in [0.29, 0.717) is 0 Å². The molecule has 1 aromatic carbocycles. The van der Waals surface area contributed by atoms with E-state index in [1.807, 2.05) is 37.3 Å². The Bertz CT molecular complexity index is 570. The van der Waals surface area contributed by atoms with Gasteiger partial charge in [0.2, 0.25) is 6.23 Å². The van der Waals surface area contributed by atoms with Gasteiger partial charge in [0.1, 0.15) is 0 Å². The highest BCUT2D eigenvalue weighted by Gasteiger charge is 2.32. The summed E-state index contributed by atoms with van der Waals surface area (Å²) in [6.45, 7) is 1.87. The smallest absolute Gasteiger partial charge is 0.333 e. The molecule has 2 heterocycles. The summed E-state index contributed by atoms with van der Waals surface area (Å²) in [5, 5.41) is 7.91. The lowest BCUT2D eigenvalue weighted by molar-refractivity contribution is -0.141. The van der Waals surface area contributed by atoms with Crippen LogP contribution in [0, 0.1) is 0 Å². The summed E-state index contributed by atoms with van der Waals surface area (Å²) >= 11 is 0. The fourth-order valence-electron chi connectivity index (χ4n) is 2.04. The van der Waals surface area contributed by atoms with Crippen molar-refractivity contribution in [1.82, 2.24) is 0 Å². The van der Waals surface area contributed by atoms with E-state index in [1.165, 1.54) is 6.08 Å². The fraction of sp³-hybridized carbons (Fsp3) is 0.154. The van der Waals surface area contributed by atoms with Crippen LogP contribution < -0.4 is 0 Å². The molecule has 0 aromatic heterocycles. The van der Waals surface area contributed by atoms with Crippen LogP contribution in [0.4, 0.5) is 0 Å². The topological polar surface area (TPSA) is 51.0 Å². The third-order valence-corrected chi connectivity index (χ3v) is 2.81. The molecular formula is C13H10N2O2. The van der Waals surface area contributed by atoms with Gasteiger partial charge in [-0.1, -0.05) is 30.3 Å². The first kappa shape index (κ1) is 9.96. The second kappa shape index (κ2) is 3.66. The van der Waals surface area contributed by atoms with Gasteiger partial charge < -0.3 is 4.74 Å². The molecule has 0 radical (unpaired) electrons. The first-order chi connectivity index (χ1) is 8.25. The van der Waals surface area contributed by atoms with Gasteiger partial charge in [0, 0.05) is 11.6 Å². The lowest BCUT2D eigenvalue weighted by Crippen LogP contribution is -2.21. The second-order valence-corrected chi connectivity index (χ2v) is 3.93. The van der Waals surface area contributed by atoms with Crippen LogP contribution in [0.15, 0.2) is 57.9 Å². The van der Waals surface area contributed by atoms with Gasteiger partial charge >= 0.3 is 5.97 Å². The predicted octanol–water partition coefficient (Wildman–Crippen LogP) is 2.69. The van der Waals surface area contributed by atoms with Gasteiger partial charge in [0.15, 0.2) is 0 Å². The zero-order valence-corrected chi connectivity index (χ0v) is 9.25. The summed E-state index contributed by atoms with van der Waals surface area (Å²) in [7, 11) is 0. The Morgan fingerprint density at radius 2 is 2.00 bits per heavy atom. The SMILES string of the molecule is CC1=C2C(c3ccccc3)=CC(=O)OC2N=N1. The van der Waals surface area contributed by atoms with Crippen LogP contribution >= 0.6 is 0 Å². The highest BCUT2D eigenvalue weighted by Crippen LogP contribution is 2.37. The lowest BCUT2D eigenvalue weighted by atomic mass is 9.94. The van der Waals surface area contributed by atoms with Crippen molar-refractivity contribution in [3.8, 4) is 0 Å². The number of hydrogen-bond donors (Lipinski definition) is 0. The molecule has 0 fully saturated rings. The van der Waals surface area contributed by atoms with E-state index in [0.717, 1.165) is 22.4 Å². The average Bonchev–Trinajstić information content (AvgIpc) is 2.71. The molecule has 2 aliphatic rings. The van der Waals surface area contributed by atoms with Crippen molar-refractivity contribution in [2.75, 3.05) is 0 Å². The highest BCUT2D eigenvalue weighted by atomic mass is 16.6. The van der Waals surface area contributed by atoms with Crippen LogP contribution in [-0.4, -0.2) is 12.2 Å². The Morgan fingerprint density at radius 3 is 2.76 bits per heavy atom. The van der Waals surface area contributed by atoms with E-state index in [1.54, 1.807) is 0 Å². The quantitative estimate of drug-likeness (QED) is 0.691. The van der Waals surface area contributed by atoms with E-state index in [-0.39, 0.29) is 5.97 Å². The van der Waals surface area contributed by atoms with Crippen molar-refractivity contribution >= 4 is 11.5 Å². The van der Waals surface area contributed by atoms with Gasteiger partial charge in [0.25, 0.3) is 0 Å². The van der Waals surface area contributed by atoms with Crippen molar-refractivity contribution in [3.63, 3.8) is 0 Å². The van der Waals surface area contributed by atoms with Crippen molar-refractivity contribution in [2.24, 2.45) is 10.2 Å². The second-order valence-electron chi connectivity index (χ2n) is 3.93. The number of ether oxygens (including phenoxy) is 1. The third-order valence-electron chi connectivity index (χ3n) is 2.81. The molecule has 0 saturated heterocycles. The molecule has 0 amide bonds. The van der Waals surface area contributed by atoms with E-state index in [2.05, 4.69) is 10.2 Å². The van der Waals surface area contributed by atoms with Crippen LogP contribution in [0.3, 0.4) is 0 Å². The zero-order chi connectivity index (χ0) is 11.8. The number of nitrogens with zero attached hydrogens (tertiary/aromatic N) is 2. The maximum absolute atomic E-state index is 11.5. The lowest BCUT2D eigenvalue weighted by Gasteiger charge is -2.20. The van der Waals surface area contributed by atoms with E-state index in [9.17, 15) is 4.79 Å². The molecular weight excluding hydrogens is 216 g/mol. The molecule has 17 heavy (non-hydrogen) atoms. The predicted molar refractivity (Wildman–Crippen MR) is 61.9 cm³/mol. The van der Waals surface area contributed by atoms with E-state index >= 15 is 0 Å². The number of azo groups is 1. The number of rotatable bonds is 1. The molecule has 0 N–H and O–H groups in total. The largest absolute Gasteiger partial charge is 0.430 e. The number of carbonyl (C=O) groups is 1. The van der Waals surface area contributed by atoms with Crippen LogP contribution in [0.5, 0.6) is 0 Å². The molecule has 0 saturated carbocycles. The van der Waals surface area contributed by atoms with Gasteiger partial charge in [-0.2, -0.15) is 5.11 Å². The number of hydrogen-bond acceptors (Lipinski definition) is 4. The Kier molecular flexibility index (Phi) is 2.14. The zero-order valence-electron chi connectivity index (χ0n) is 9.25. The minimum absolute atomic E-state index is 0.369. The van der Waals surface area contributed by atoms with Gasteiger partial charge in [0.05, 0.1) is 5.70 Å². The molecule has 1 unspecified atom stereocenters. The molecule has 3 rings (SSSR count). The van der Waals surface area contributed by atoms with Crippen molar-refractivity contribution < 1.29 is 9.53 Å². The standard InChI is InChI=1S/C13H10N2O2/c1-8-12-10(9-5-3-2-4-6-9)7-11(16)17-13(12)15-14-8/h2-7,13H,1H3. The third kappa shape index (κ3) is 1.58. The Morgan fingerprint density at radius 1 is 1.24 bits per heavy atom. The minimum atomic E-state index is -0.567. The number of benzene rings is 1. The number of fused-ring (bicyclic) bond motifs is 1. The molecule has 0 spiro atoms. The monoisotopic (exact) mass is 226 g/mol.